The highest BCUT2D eigenvalue weighted by molar-refractivity contribution is 5.79. The molecule has 28 heavy (non-hydrogen) atoms. The van der Waals surface area contributed by atoms with Gasteiger partial charge in [-0.2, -0.15) is 13.2 Å². The lowest BCUT2D eigenvalue weighted by atomic mass is 9.78. The van der Waals surface area contributed by atoms with Crippen molar-refractivity contribution >= 4 is 12.0 Å². The van der Waals surface area contributed by atoms with Crippen molar-refractivity contribution in [3.05, 3.63) is 64.7 Å². The number of halogens is 3. The van der Waals surface area contributed by atoms with Crippen LogP contribution < -0.4 is 10.2 Å². The lowest BCUT2D eigenvalue weighted by Crippen LogP contribution is -2.47. The maximum absolute atomic E-state index is 13.8. The van der Waals surface area contributed by atoms with Crippen LogP contribution in [0.5, 0.6) is 0 Å². The summed E-state index contributed by atoms with van der Waals surface area (Å²) in [7, 11) is 1.72. The number of rotatable bonds is 7. The molecule has 0 unspecified atom stereocenters. The molecule has 1 fully saturated rings. The number of hydrogen-bond donors (Lipinski definition) is 1. The first-order chi connectivity index (χ1) is 13.2. The predicted molar refractivity (Wildman–Crippen MR) is 104 cm³/mol. The van der Waals surface area contributed by atoms with Crippen LogP contribution >= 0.6 is 0 Å². The highest BCUT2D eigenvalue weighted by Crippen LogP contribution is 2.36. The first-order valence-corrected chi connectivity index (χ1v) is 9.41. The molecule has 0 aliphatic heterocycles. The second-order valence-corrected chi connectivity index (χ2v) is 7.79. The van der Waals surface area contributed by atoms with Crippen molar-refractivity contribution < 1.29 is 18.0 Å². The fourth-order valence-electron chi connectivity index (χ4n) is 3.60. The average Bonchev–Trinajstić information content (AvgIpc) is 2.65. The molecule has 0 atom stereocenters. The van der Waals surface area contributed by atoms with Gasteiger partial charge >= 0.3 is 6.18 Å². The summed E-state index contributed by atoms with van der Waals surface area (Å²) in [6, 6.07) is 11.9. The van der Waals surface area contributed by atoms with Gasteiger partial charge in [0.05, 0.1) is 5.56 Å². The number of nitrogens with one attached hydrogen (secondary N) is 1. The number of para-hydroxylation sites is 1. The Balaban J connectivity index is 1.92. The fraction of sp³-hybridized carbons (Fsp3) is 0.409. The van der Waals surface area contributed by atoms with E-state index >= 15 is 0 Å². The Bertz CT molecular complexity index is 830. The molecule has 0 spiro atoms. The Morgan fingerprint density at radius 2 is 1.86 bits per heavy atom. The topological polar surface area (TPSA) is 32.3 Å². The molecular formula is C22H25F3N2O. The molecule has 1 N–H and O–H groups in total. The van der Waals surface area contributed by atoms with Crippen molar-refractivity contribution in [2.75, 3.05) is 11.9 Å². The van der Waals surface area contributed by atoms with E-state index in [1.807, 2.05) is 30.3 Å². The molecule has 0 amide bonds. The van der Waals surface area contributed by atoms with Gasteiger partial charge in [0, 0.05) is 36.9 Å². The Labute approximate surface area is 163 Å². The van der Waals surface area contributed by atoms with Crippen LogP contribution in [0.25, 0.3) is 0 Å². The minimum absolute atomic E-state index is 0.00163. The number of nitrogens with zero attached hydrogens (tertiary/aromatic N) is 1. The van der Waals surface area contributed by atoms with Crippen LogP contribution in [0.3, 0.4) is 0 Å². The van der Waals surface area contributed by atoms with Gasteiger partial charge in [0.2, 0.25) is 0 Å². The van der Waals surface area contributed by atoms with E-state index in [0.29, 0.717) is 18.4 Å². The van der Waals surface area contributed by atoms with Crippen LogP contribution in [-0.4, -0.2) is 18.9 Å². The van der Waals surface area contributed by atoms with Crippen molar-refractivity contribution in [1.29, 1.82) is 0 Å². The van der Waals surface area contributed by atoms with Gasteiger partial charge in [0.1, 0.15) is 6.29 Å². The summed E-state index contributed by atoms with van der Waals surface area (Å²) < 4.78 is 41.4. The van der Waals surface area contributed by atoms with Crippen LogP contribution in [-0.2, 0) is 19.3 Å². The van der Waals surface area contributed by atoms with E-state index in [-0.39, 0.29) is 23.2 Å². The summed E-state index contributed by atoms with van der Waals surface area (Å²) >= 11 is 0. The van der Waals surface area contributed by atoms with Gasteiger partial charge in [-0.05, 0) is 61.6 Å². The summed E-state index contributed by atoms with van der Waals surface area (Å²) in [6.07, 6.45) is -0.847. The van der Waals surface area contributed by atoms with Gasteiger partial charge < -0.3 is 10.2 Å². The van der Waals surface area contributed by atoms with E-state index < -0.39 is 11.7 Å². The van der Waals surface area contributed by atoms with Crippen LogP contribution in [0.15, 0.2) is 42.5 Å². The molecule has 2 aromatic carbocycles. The van der Waals surface area contributed by atoms with Crippen molar-refractivity contribution in [1.82, 2.24) is 5.32 Å². The number of anilines is 1. The smallest absolute Gasteiger partial charge is 0.370 e. The predicted octanol–water partition coefficient (Wildman–Crippen LogP) is 5.19. The Morgan fingerprint density at radius 1 is 1.18 bits per heavy atom. The number of aldehydes is 1. The van der Waals surface area contributed by atoms with Crippen molar-refractivity contribution in [3.63, 3.8) is 0 Å². The van der Waals surface area contributed by atoms with Crippen molar-refractivity contribution in [2.24, 2.45) is 0 Å². The number of benzene rings is 2. The molecule has 2 aromatic rings. The molecule has 3 rings (SSSR count). The van der Waals surface area contributed by atoms with Crippen LogP contribution in [0.1, 0.15) is 53.2 Å². The summed E-state index contributed by atoms with van der Waals surface area (Å²) in [5.74, 6) is 0. The number of carbonyl (C=O) groups excluding carboxylic acids is 1. The minimum Gasteiger partial charge on any atom is -0.370 e. The van der Waals surface area contributed by atoms with Gasteiger partial charge in [-0.1, -0.05) is 18.2 Å². The summed E-state index contributed by atoms with van der Waals surface area (Å²) in [5, 5.41) is 3.33. The van der Waals surface area contributed by atoms with E-state index in [2.05, 4.69) is 12.2 Å². The van der Waals surface area contributed by atoms with Gasteiger partial charge in [0.15, 0.2) is 0 Å². The summed E-state index contributed by atoms with van der Waals surface area (Å²) in [5.41, 5.74) is 0.604. The third kappa shape index (κ3) is 4.55. The molecule has 0 aromatic heterocycles. The third-order valence-electron chi connectivity index (χ3n) is 5.55. The third-order valence-corrected chi connectivity index (χ3v) is 5.55. The molecule has 1 aliphatic carbocycles. The standard InChI is InChI=1S/C22H25F3N2O/c1-21(9-6-10-21)26-13-16-11-17(15-28)19(20(12-16)22(23,24)25)14-27(2)18-7-4-3-5-8-18/h3-5,7-8,11-12,15,26H,6,9-10,13-14H2,1-2H3. The number of hydrogen-bond acceptors (Lipinski definition) is 3. The van der Waals surface area contributed by atoms with Gasteiger partial charge in [-0.15, -0.1) is 0 Å². The van der Waals surface area contributed by atoms with Crippen LogP contribution in [0.2, 0.25) is 0 Å². The van der Waals surface area contributed by atoms with Gasteiger partial charge in [0.25, 0.3) is 0 Å². The minimum atomic E-state index is -4.53. The molecule has 1 aliphatic rings. The Hall–Kier alpha value is -2.34. The molecule has 1 saturated carbocycles. The zero-order valence-electron chi connectivity index (χ0n) is 16.1. The van der Waals surface area contributed by atoms with Crippen LogP contribution in [0, 0.1) is 0 Å². The van der Waals surface area contributed by atoms with E-state index in [1.165, 1.54) is 6.07 Å². The Kier molecular flexibility index (Phi) is 5.79. The van der Waals surface area contributed by atoms with Crippen LogP contribution in [0.4, 0.5) is 18.9 Å². The quantitative estimate of drug-likeness (QED) is 0.661. The van der Waals surface area contributed by atoms with E-state index in [9.17, 15) is 18.0 Å². The lowest BCUT2D eigenvalue weighted by molar-refractivity contribution is -0.138. The lowest BCUT2D eigenvalue weighted by Gasteiger charge is -2.39. The average molecular weight is 390 g/mol. The molecule has 0 radical (unpaired) electrons. The SMILES string of the molecule is CN(Cc1c(C=O)cc(CNC2(C)CCC2)cc1C(F)(F)F)c1ccccc1. The molecule has 150 valence electrons. The van der Waals surface area contributed by atoms with Gasteiger partial charge in [-0.3, -0.25) is 4.79 Å². The number of carbonyl (C=O) groups is 1. The zero-order valence-corrected chi connectivity index (χ0v) is 16.1. The first-order valence-electron chi connectivity index (χ1n) is 9.41. The monoisotopic (exact) mass is 390 g/mol. The normalized spacial score (nSPS) is 15.8. The maximum atomic E-state index is 13.8. The largest absolute Gasteiger partial charge is 0.416 e. The fourth-order valence-corrected chi connectivity index (χ4v) is 3.60. The summed E-state index contributed by atoms with van der Waals surface area (Å²) in [4.78, 5) is 13.4. The van der Waals surface area contributed by atoms with Gasteiger partial charge in [-0.25, -0.2) is 0 Å². The van der Waals surface area contributed by atoms with Crippen molar-refractivity contribution in [2.45, 2.75) is 51.0 Å². The maximum Gasteiger partial charge on any atom is 0.416 e. The second-order valence-electron chi connectivity index (χ2n) is 7.79. The molecule has 0 saturated heterocycles. The molecule has 0 bridgehead atoms. The molecule has 3 nitrogen and oxygen atoms in total. The zero-order chi connectivity index (χ0) is 20.4. The Morgan fingerprint density at radius 3 is 2.39 bits per heavy atom. The molecule has 0 heterocycles. The van der Waals surface area contributed by atoms with Crippen molar-refractivity contribution in [3.8, 4) is 0 Å². The highest BCUT2D eigenvalue weighted by Gasteiger charge is 2.36. The number of alkyl halides is 3. The molecule has 6 heteroatoms. The van der Waals surface area contributed by atoms with E-state index in [1.54, 1.807) is 18.0 Å². The first kappa shape index (κ1) is 20.4. The second kappa shape index (κ2) is 7.95. The van der Waals surface area contributed by atoms with E-state index in [4.69, 9.17) is 0 Å². The summed E-state index contributed by atoms with van der Waals surface area (Å²) in [6.45, 7) is 2.39. The van der Waals surface area contributed by atoms with E-state index in [0.717, 1.165) is 24.9 Å². The highest BCUT2D eigenvalue weighted by atomic mass is 19.4. The molecular weight excluding hydrogens is 365 g/mol.